The van der Waals surface area contributed by atoms with E-state index in [-0.39, 0.29) is 11.6 Å². The summed E-state index contributed by atoms with van der Waals surface area (Å²) in [5, 5.41) is 7.59. The molecule has 2 fully saturated rings. The largest absolute Gasteiger partial charge is 0.373 e. The molecular formula is C30H36N4O2. The maximum atomic E-state index is 7.63. The van der Waals surface area contributed by atoms with Crippen LogP contribution in [0.15, 0.2) is 47.0 Å². The molecule has 1 aliphatic carbocycles. The van der Waals surface area contributed by atoms with E-state index < -0.39 is 0 Å². The summed E-state index contributed by atoms with van der Waals surface area (Å²) in [5.74, 6) is 0.828. The molecule has 6 nitrogen and oxygen atoms in total. The average Bonchev–Trinajstić information content (AvgIpc) is 3.62. The minimum atomic E-state index is -0.298. The summed E-state index contributed by atoms with van der Waals surface area (Å²) in [4.78, 5) is 6.28. The van der Waals surface area contributed by atoms with E-state index in [9.17, 15) is 0 Å². The van der Waals surface area contributed by atoms with Gasteiger partial charge in [-0.3, -0.25) is 0 Å². The third-order valence-electron chi connectivity index (χ3n) is 7.63. The van der Waals surface area contributed by atoms with Gasteiger partial charge in [0, 0.05) is 41.9 Å². The molecule has 0 amide bonds. The number of hydrogen-bond donors (Lipinski definition) is 1. The summed E-state index contributed by atoms with van der Waals surface area (Å²) in [7, 11) is 0. The number of aromatic nitrogens is 1. The molecule has 1 unspecified atom stereocenters. The van der Waals surface area contributed by atoms with E-state index in [1.165, 1.54) is 5.56 Å². The second-order valence-electron chi connectivity index (χ2n) is 10.4. The Hall–Kier alpha value is -3.14. The minimum absolute atomic E-state index is 0.0629. The highest BCUT2D eigenvalue weighted by Crippen LogP contribution is 2.50. The first-order valence-electron chi connectivity index (χ1n) is 13.1. The molecule has 0 bridgehead atoms. The van der Waals surface area contributed by atoms with Crippen LogP contribution >= 0.6 is 0 Å². The fourth-order valence-corrected chi connectivity index (χ4v) is 5.39. The van der Waals surface area contributed by atoms with Crippen molar-refractivity contribution in [3.05, 3.63) is 76.5 Å². The second kappa shape index (κ2) is 10.1. The SMILES string of the molecule is [C-]#[N+]C1(c2ccc(N(CC(C)OC3CCNCC3)c3cc(-c4c(C)noc4C)ccc3C)cc2)CC1. The molecule has 2 aliphatic rings. The summed E-state index contributed by atoms with van der Waals surface area (Å²) >= 11 is 0. The molecule has 6 heteroatoms. The number of aryl methyl sites for hydroxylation is 3. The molecule has 3 aromatic rings. The van der Waals surface area contributed by atoms with Crippen molar-refractivity contribution in [1.82, 2.24) is 10.5 Å². The zero-order valence-electron chi connectivity index (χ0n) is 21.8. The molecule has 36 heavy (non-hydrogen) atoms. The zero-order chi connectivity index (χ0) is 25.3. The van der Waals surface area contributed by atoms with E-state index in [1.54, 1.807) is 0 Å². The molecule has 1 aromatic heterocycles. The molecule has 2 aromatic carbocycles. The summed E-state index contributed by atoms with van der Waals surface area (Å²) < 4.78 is 12.0. The first-order valence-corrected chi connectivity index (χ1v) is 13.1. The number of nitrogens with one attached hydrogen (secondary N) is 1. The van der Waals surface area contributed by atoms with Crippen LogP contribution in [0.25, 0.3) is 16.0 Å². The molecule has 1 saturated heterocycles. The summed E-state index contributed by atoms with van der Waals surface area (Å²) in [6.45, 7) is 18.7. The van der Waals surface area contributed by atoms with Gasteiger partial charge in [0.25, 0.3) is 5.54 Å². The lowest BCUT2D eigenvalue weighted by molar-refractivity contribution is -0.0125. The van der Waals surface area contributed by atoms with Crippen molar-refractivity contribution in [2.24, 2.45) is 0 Å². The van der Waals surface area contributed by atoms with Gasteiger partial charge in [0.15, 0.2) is 0 Å². The highest BCUT2D eigenvalue weighted by molar-refractivity contribution is 5.76. The standard InChI is InChI=1S/C30H36N4O2/c1-20-6-7-24(29-22(3)33-36-23(29)4)18-28(20)34(19-21(2)35-27-12-16-32-17-13-27)26-10-8-25(9-11-26)30(31-5)14-15-30/h6-11,18,21,27,32H,12-17,19H2,1-4H3. The number of piperidine rings is 1. The lowest BCUT2D eigenvalue weighted by Gasteiger charge is -2.32. The molecule has 5 rings (SSSR count). The topological polar surface area (TPSA) is 54.9 Å². The van der Waals surface area contributed by atoms with Gasteiger partial charge >= 0.3 is 0 Å². The number of hydrogen-bond acceptors (Lipinski definition) is 5. The van der Waals surface area contributed by atoms with Crippen molar-refractivity contribution in [3.8, 4) is 11.1 Å². The van der Waals surface area contributed by atoms with Gasteiger partial charge in [-0.25, -0.2) is 6.57 Å². The van der Waals surface area contributed by atoms with Crippen LogP contribution in [0.3, 0.4) is 0 Å². The van der Waals surface area contributed by atoms with Crippen molar-refractivity contribution in [2.75, 3.05) is 24.5 Å². The lowest BCUT2D eigenvalue weighted by Crippen LogP contribution is -2.37. The Balaban J connectivity index is 1.49. The Labute approximate surface area is 214 Å². The Kier molecular flexibility index (Phi) is 6.87. The Morgan fingerprint density at radius 3 is 2.47 bits per heavy atom. The lowest BCUT2D eigenvalue weighted by atomic mass is 10.00. The normalized spacial score (nSPS) is 18.0. The highest BCUT2D eigenvalue weighted by Gasteiger charge is 2.52. The van der Waals surface area contributed by atoms with Crippen LogP contribution < -0.4 is 10.2 Å². The molecular weight excluding hydrogens is 448 g/mol. The monoisotopic (exact) mass is 484 g/mol. The number of nitrogens with zero attached hydrogens (tertiary/aromatic N) is 3. The maximum Gasteiger partial charge on any atom is 0.258 e. The van der Waals surface area contributed by atoms with Crippen molar-refractivity contribution >= 4 is 11.4 Å². The van der Waals surface area contributed by atoms with Gasteiger partial charge in [-0.1, -0.05) is 17.3 Å². The van der Waals surface area contributed by atoms with Crippen LogP contribution in [0, 0.1) is 27.3 Å². The van der Waals surface area contributed by atoms with Crippen LogP contribution in [-0.4, -0.2) is 37.0 Å². The molecule has 1 saturated carbocycles. The highest BCUT2D eigenvalue weighted by atomic mass is 16.5. The molecule has 0 spiro atoms. The molecule has 1 aliphatic heterocycles. The second-order valence-corrected chi connectivity index (χ2v) is 10.4. The van der Waals surface area contributed by atoms with Gasteiger partial charge in [0.1, 0.15) is 5.76 Å². The minimum Gasteiger partial charge on any atom is -0.373 e. The van der Waals surface area contributed by atoms with E-state index in [2.05, 4.69) is 76.5 Å². The third kappa shape index (κ3) is 4.91. The van der Waals surface area contributed by atoms with E-state index in [1.807, 2.05) is 13.8 Å². The first kappa shape index (κ1) is 24.5. The van der Waals surface area contributed by atoms with E-state index >= 15 is 0 Å². The molecule has 1 N–H and O–H groups in total. The Morgan fingerprint density at radius 1 is 1.14 bits per heavy atom. The summed E-state index contributed by atoms with van der Waals surface area (Å²) in [6, 6.07) is 15.2. The number of benzene rings is 2. The number of ether oxygens (including phenoxy) is 1. The first-order chi connectivity index (χ1) is 17.4. The maximum absolute atomic E-state index is 7.63. The average molecular weight is 485 g/mol. The Bertz CT molecular complexity index is 1230. The van der Waals surface area contributed by atoms with E-state index in [0.29, 0.717) is 6.10 Å². The fraction of sp³-hybridized carbons (Fsp3) is 0.467. The predicted molar refractivity (Wildman–Crippen MR) is 144 cm³/mol. The molecule has 188 valence electrons. The smallest absolute Gasteiger partial charge is 0.258 e. The van der Waals surface area contributed by atoms with Crippen LogP contribution in [0.4, 0.5) is 11.4 Å². The molecule has 0 radical (unpaired) electrons. The van der Waals surface area contributed by atoms with E-state index in [0.717, 1.165) is 84.8 Å². The van der Waals surface area contributed by atoms with Crippen molar-refractivity contribution < 1.29 is 9.26 Å². The quantitative estimate of drug-likeness (QED) is 0.371. The van der Waals surface area contributed by atoms with Crippen LogP contribution in [0.5, 0.6) is 0 Å². The molecule has 2 heterocycles. The third-order valence-corrected chi connectivity index (χ3v) is 7.63. The van der Waals surface area contributed by atoms with Crippen molar-refractivity contribution in [3.63, 3.8) is 0 Å². The summed E-state index contributed by atoms with van der Waals surface area (Å²) in [5.41, 5.74) is 7.34. The van der Waals surface area contributed by atoms with Crippen LogP contribution in [-0.2, 0) is 10.3 Å². The number of anilines is 2. The van der Waals surface area contributed by atoms with Crippen molar-refractivity contribution in [2.45, 2.75) is 71.1 Å². The van der Waals surface area contributed by atoms with Crippen molar-refractivity contribution in [1.29, 1.82) is 0 Å². The van der Waals surface area contributed by atoms with Crippen LogP contribution in [0.2, 0.25) is 0 Å². The van der Waals surface area contributed by atoms with Gasteiger partial charge < -0.3 is 24.3 Å². The van der Waals surface area contributed by atoms with Gasteiger partial charge in [0.05, 0.1) is 17.9 Å². The Morgan fingerprint density at radius 2 is 1.86 bits per heavy atom. The van der Waals surface area contributed by atoms with Gasteiger partial charge in [-0.15, -0.1) is 0 Å². The van der Waals surface area contributed by atoms with Gasteiger partial charge in [-0.05, 0) is 95.1 Å². The van der Waals surface area contributed by atoms with Gasteiger partial charge in [-0.2, -0.15) is 0 Å². The predicted octanol–water partition coefficient (Wildman–Crippen LogP) is 6.47. The number of rotatable bonds is 8. The fourth-order valence-electron chi connectivity index (χ4n) is 5.39. The van der Waals surface area contributed by atoms with E-state index in [4.69, 9.17) is 15.8 Å². The van der Waals surface area contributed by atoms with Gasteiger partial charge in [0.2, 0.25) is 0 Å². The molecule has 1 atom stereocenters. The zero-order valence-corrected chi connectivity index (χ0v) is 21.8. The summed E-state index contributed by atoms with van der Waals surface area (Å²) in [6.07, 6.45) is 4.39. The van der Waals surface area contributed by atoms with Crippen LogP contribution in [0.1, 0.15) is 55.2 Å².